The van der Waals surface area contributed by atoms with E-state index in [1.165, 1.54) is 0 Å². The Balaban J connectivity index is 2.38. The molecule has 5 nitrogen and oxygen atoms in total. The first-order valence-corrected chi connectivity index (χ1v) is 5.39. The maximum Gasteiger partial charge on any atom is 0.396 e. The number of nitrogens with two attached hydrogens (primary N) is 1. The first kappa shape index (κ1) is 10.8. The number of carboxylic acid groups (broad SMARTS) is 1. The van der Waals surface area contributed by atoms with E-state index in [0.29, 0.717) is 15.8 Å². The number of carboxylic acids is 1. The van der Waals surface area contributed by atoms with Gasteiger partial charge in [-0.15, -0.1) is 0 Å². The van der Waals surface area contributed by atoms with E-state index in [0.717, 1.165) is 11.3 Å². The Kier molecular flexibility index (Phi) is 2.76. The molecule has 1 aromatic heterocycles. The van der Waals surface area contributed by atoms with Crippen molar-refractivity contribution in [1.29, 1.82) is 0 Å². The van der Waals surface area contributed by atoms with Gasteiger partial charge in [0.2, 0.25) is 0 Å². The molecule has 0 aliphatic rings. The van der Waals surface area contributed by atoms with Gasteiger partial charge in [-0.1, -0.05) is 17.4 Å². The molecule has 0 saturated heterocycles. The number of benzene rings is 1. The molecule has 0 spiro atoms. The first-order valence-electron chi connectivity index (χ1n) is 4.57. The standard InChI is InChI=1S/C10H9NO4S/c11-6(4-9(12)13)5-1-2-7-8(3-5)16-10(14)15-7/h1-3,6H,4,11H2,(H,12,13). The summed E-state index contributed by atoms with van der Waals surface area (Å²) < 4.78 is 5.57. The number of rotatable bonds is 3. The van der Waals surface area contributed by atoms with Gasteiger partial charge in [-0.3, -0.25) is 4.79 Å². The number of aliphatic carboxylic acids is 1. The molecule has 84 valence electrons. The van der Waals surface area contributed by atoms with E-state index in [-0.39, 0.29) is 11.4 Å². The Morgan fingerprint density at radius 1 is 1.56 bits per heavy atom. The Morgan fingerprint density at radius 2 is 2.31 bits per heavy atom. The normalized spacial score (nSPS) is 12.8. The fourth-order valence-corrected chi connectivity index (χ4v) is 2.14. The van der Waals surface area contributed by atoms with Crippen LogP contribution in [-0.4, -0.2) is 11.1 Å². The predicted molar refractivity (Wildman–Crippen MR) is 59.5 cm³/mol. The molecule has 0 radical (unpaired) electrons. The van der Waals surface area contributed by atoms with Gasteiger partial charge in [-0.2, -0.15) is 0 Å². The smallest absolute Gasteiger partial charge is 0.396 e. The lowest BCUT2D eigenvalue weighted by Gasteiger charge is -2.08. The summed E-state index contributed by atoms with van der Waals surface area (Å²) in [5.41, 5.74) is 6.90. The molecule has 0 aliphatic heterocycles. The van der Waals surface area contributed by atoms with Crippen molar-refractivity contribution in [1.82, 2.24) is 0 Å². The summed E-state index contributed by atoms with van der Waals surface area (Å²) in [4.78, 5) is 21.1. The average molecular weight is 239 g/mol. The lowest BCUT2D eigenvalue weighted by molar-refractivity contribution is -0.137. The van der Waals surface area contributed by atoms with Crippen LogP contribution in [0.5, 0.6) is 0 Å². The highest BCUT2D eigenvalue weighted by Crippen LogP contribution is 2.22. The Hall–Kier alpha value is -1.66. The molecule has 2 rings (SSSR count). The average Bonchev–Trinajstić information content (AvgIpc) is 2.55. The monoisotopic (exact) mass is 239 g/mol. The molecule has 1 heterocycles. The molecule has 1 unspecified atom stereocenters. The fraction of sp³-hybridized carbons (Fsp3) is 0.200. The minimum atomic E-state index is -0.951. The molecule has 6 heteroatoms. The van der Waals surface area contributed by atoms with Gasteiger partial charge in [-0.25, -0.2) is 4.79 Å². The van der Waals surface area contributed by atoms with E-state index in [1.54, 1.807) is 18.2 Å². The summed E-state index contributed by atoms with van der Waals surface area (Å²) in [5, 5.41) is 8.62. The third kappa shape index (κ3) is 2.12. The van der Waals surface area contributed by atoms with E-state index in [4.69, 9.17) is 15.3 Å². The Morgan fingerprint density at radius 3 is 3.00 bits per heavy atom. The van der Waals surface area contributed by atoms with E-state index < -0.39 is 12.0 Å². The van der Waals surface area contributed by atoms with Crippen molar-refractivity contribution in [3.63, 3.8) is 0 Å². The fourth-order valence-electron chi connectivity index (χ4n) is 1.43. The quantitative estimate of drug-likeness (QED) is 0.842. The molecule has 3 N–H and O–H groups in total. The highest BCUT2D eigenvalue weighted by atomic mass is 32.1. The summed E-state index contributed by atoms with van der Waals surface area (Å²) in [6.07, 6.45) is -0.141. The summed E-state index contributed by atoms with van der Waals surface area (Å²) in [5.74, 6) is -0.951. The van der Waals surface area contributed by atoms with Crippen LogP contribution in [0.3, 0.4) is 0 Å². The van der Waals surface area contributed by atoms with Crippen molar-refractivity contribution in [2.24, 2.45) is 5.73 Å². The summed E-state index contributed by atoms with van der Waals surface area (Å²) in [6, 6.07) is 4.42. The lowest BCUT2D eigenvalue weighted by atomic mass is 10.1. The summed E-state index contributed by atoms with van der Waals surface area (Å²) >= 11 is 0.977. The Labute approximate surface area is 94.1 Å². The largest absolute Gasteiger partial charge is 0.481 e. The summed E-state index contributed by atoms with van der Waals surface area (Å²) in [6.45, 7) is 0. The molecular weight excluding hydrogens is 230 g/mol. The molecule has 0 fully saturated rings. The van der Waals surface area contributed by atoms with Crippen LogP contribution in [0.2, 0.25) is 0 Å². The van der Waals surface area contributed by atoms with E-state index in [2.05, 4.69) is 0 Å². The SMILES string of the molecule is NC(CC(=O)O)c1ccc2oc(=O)sc2c1. The van der Waals surface area contributed by atoms with Crippen LogP contribution in [0.4, 0.5) is 0 Å². The predicted octanol–water partition coefficient (Wildman–Crippen LogP) is 1.33. The zero-order valence-corrected chi connectivity index (χ0v) is 8.99. The van der Waals surface area contributed by atoms with Gasteiger partial charge in [-0.05, 0) is 17.7 Å². The minimum Gasteiger partial charge on any atom is -0.481 e. The molecule has 16 heavy (non-hydrogen) atoms. The van der Waals surface area contributed by atoms with Crippen LogP contribution in [-0.2, 0) is 4.79 Å². The second kappa shape index (κ2) is 4.07. The number of hydrogen-bond donors (Lipinski definition) is 2. The topological polar surface area (TPSA) is 93.5 Å². The maximum absolute atomic E-state index is 11.0. The van der Waals surface area contributed by atoms with Crippen LogP contribution in [0, 0.1) is 0 Å². The molecule has 1 atom stereocenters. The van der Waals surface area contributed by atoms with Crippen LogP contribution in [0.25, 0.3) is 10.3 Å². The van der Waals surface area contributed by atoms with Gasteiger partial charge in [0.25, 0.3) is 0 Å². The second-order valence-corrected chi connectivity index (χ2v) is 4.34. The van der Waals surface area contributed by atoms with Crippen molar-refractivity contribution < 1.29 is 14.3 Å². The van der Waals surface area contributed by atoms with E-state index in [9.17, 15) is 9.59 Å². The molecule has 0 bridgehead atoms. The summed E-state index contributed by atoms with van der Waals surface area (Å²) in [7, 11) is 0. The van der Waals surface area contributed by atoms with Crippen LogP contribution < -0.4 is 10.7 Å². The van der Waals surface area contributed by atoms with Gasteiger partial charge in [0.1, 0.15) is 5.58 Å². The number of carbonyl (C=O) groups is 1. The Bertz CT molecular complexity index is 586. The zero-order chi connectivity index (χ0) is 11.7. The van der Waals surface area contributed by atoms with Crippen molar-refractivity contribution in [2.75, 3.05) is 0 Å². The second-order valence-electron chi connectivity index (χ2n) is 3.36. The minimum absolute atomic E-state index is 0.141. The molecule has 0 amide bonds. The maximum atomic E-state index is 11.0. The van der Waals surface area contributed by atoms with Crippen molar-refractivity contribution in [3.05, 3.63) is 33.5 Å². The molecule has 1 aromatic carbocycles. The molecular formula is C10H9NO4S. The first-order chi connectivity index (χ1) is 7.56. The van der Waals surface area contributed by atoms with E-state index in [1.807, 2.05) is 0 Å². The van der Waals surface area contributed by atoms with Crippen LogP contribution in [0.1, 0.15) is 18.0 Å². The van der Waals surface area contributed by atoms with Gasteiger partial charge in [0.15, 0.2) is 0 Å². The lowest BCUT2D eigenvalue weighted by Crippen LogP contribution is -2.14. The highest BCUT2D eigenvalue weighted by Gasteiger charge is 2.12. The van der Waals surface area contributed by atoms with Gasteiger partial charge in [0, 0.05) is 6.04 Å². The number of hydrogen-bond acceptors (Lipinski definition) is 5. The van der Waals surface area contributed by atoms with Crippen LogP contribution in [0.15, 0.2) is 27.4 Å². The van der Waals surface area contributed by atoms with Gasteiger partial charge >= 0.3 is 10.9 Å². The van der Waals surface area contributed by atoms with E-state index >= 15 is 0 Å². The third-order valence-corrected chi connectivity index (χ3v) is 2.97. The van der Waals surface area contributed by atoms with Crippen molar-refractivity contribution >= 4 is 27.6 Å². The zero-order valence-electron chi connectivity index (χ0n) is 8.17. The highest BCUT2D eigenvalue weighted by molar-refractivity contribution is 7.16. The van der Waals surface area contributed by atoms with Crippen molar-refractivity contribution in [2.45, 2.75) is 12.5 Å². The third-order valence-electron chi connectivity index (χ3n) is 2.18. The molecule has 0 aliphatic carbocycles. The van der Waals surface area contributed by atoms with Crippen LogP contribution >= 0.6 is 11.3 Å². The number of fused-ring (bicyclic) bond motifs is 1. The van der Waals surface area contributed by atoms with Gasteiger partial charge < -0.3 is 15.3 Å². The molecule has 2 aromatic rings. The molecule has 0 saturated carbocycles. The van der Waals surface area contributed by atoms with Gasteiger partial charge in [0.05, 0.1) is 11.1 Å². The van der Waals surface area contributed by atoms with Crippen molar-refractivity contribution in [3.8, 4) is 0 Å².